The molecule has 0 saturated carbocycles. The van der Waals surface area contributed by atoms with E-state index in [9.17, 15) is 9.59 Å². The van der Waals surface area contributed by atoms with Crippen LogP contribution in [0.15, 0.2) is 0 Å². The van der Waals surface area contributed by atoms with Gasteiger partial charge in [0.25, 0.3) is 0 Å². The van der Waals surface area contributed by atoms with Crippen LogP contribution in [0.1, 0.15) is 112 Å². The van der Waals surface area contributed by atoms with E-state index in [1.807, 2.05) is 0 Å². The molecule has 27 heavy (non-hydrogen) atoms. The number of hydrogen-bond donors (Lipinski definition) is 0. The number of carbonyl (C=O) groups is 2. The minimum absolute atomic E-state index is 0.146. The van der Waals surface area contributed by atoms with E-state index in [-0.39, 0.29) is 23.6 Å². The molecule has 0 aliphatic carbocycles. The van der Waals surface area contributed by atoms with Crippen LogP contribution in [0, 0.1) is 23.7 Å². The van der Waals surface area contributed by atoms with E-state index in [2.05, 4.69) is 41.5 Å². The average Bonchev–Trinajstić information content (AvgIpc) is 2.61. The molecule has 0 aromatic rings. The highest BCUT2D eigenvalue weighted by Gasteiger charge is 2.35. The molecule has 0 aromatic heterocycles. The van der Waals surface area contributed by atoms with Crippen LogP contribution < -0.4 is 0 Å². The van der Waals surface area contributed by atoms with Crippen molar-refractivity contribution < 1.29 is 14.3 Å². The Balaban J connectivity index is 4.80. The minimum atomic E-state index is -0.281. The van der Waals surface area contributed by atoms with E-state index >= 15 is 0 Å². The number of hydrogen-bond acceptors (Lipinski definition) is 3. The van der Waals surface area contributed by atoms with E-state index in [1.54, 1.807) is 0 Å². The molecule has 0 saturated heterocycles. The average molecular weight is 383 g/mol. The molecule has 2 atom stereocenters. The summed E-state index contributed by atoms with van der Waals surface area (Å²) in [4.78, 5) is 25.7. The number of carbonyl (C=O) groups excluding carboxylic acids is 2. The maximum Gasteiger partial charge on any atom is 0.309 e. The molecule has 0 heterocycles. The summed E-state index contributed by atoms with van der Waals surface area (Å²) in [5.74, 6) is 0.431. The first-order chi connectivity index (χ1) is 12.8. The van der Waals surface area contributed by atoms with Gasteiger partial charge in [0.05, 0.1) is 12.5 Å². The molecule has 0 N–H and O–H groups in total. The number of esters is 1. The smallest absolute Gasteiger partial charge is 0.309 e. The Morgan fingerprint density at radius 1 is 0.704 bits per heavy atom. The summed E-state index contributed by atoms with van der Waals surface area (Å²) >= 11 is 0. The van der Waals surface area contributed by atoms with Gasteiger partial charge in [-0.15, -0.1) is 0 Å². The fourth-order valence-electron chi connectivity index (χ4n) is 3.66. The Kier molecular flexibility index (Phi) is 15.6. The second-order valence-corrected chi connectivity index (χ2v) is 8.98. The summed E-state index contributed by atoms with van der Waals surface area (Å²) in [6.45, 7) is 13.3. The predicted molar refractivity (Wildman–Crippen MR) is 115 cm³/mol. The lowest BCUT2D eigenvalue weighted by molar-refractivity contribution is -0.154. The number of ketones is 1. The molecule has 0 spiro atoms. The summed E-state index contributed by atoms with van der Waals surface area (Å²) in [6.07, 6.45) is 11.1. The van der Waals surface area contributed by atoms with E-state index in [0.717, 1.165) is 38.5 Å². The van der Waals surface area contributed by atoms with Crippen LogP contribution in [-0.4, -0.2) is 18.4 Å². The lowest BCUT2D eigenvalue weighted by Crippen LogP contribution is -2.33. The highest BCUT2D eigenvalue weighted by atomic mass is 16.5. The molecule has 0 fully saturated rings. The second-order valence-electron chi connectivity index (χ2n) is 8.98. The molecule has 3 heteroatoms. The molecule has 0 aliphatic heterocycles. The third-order valence-electron chi connectivity index (χ3n) is 5.17. The van der Waals surface area contributed by atoms with Gasteiger partial charge in [0.2, 0.25) is 0 Å². The molecule has 0 amide bonds. The van der Waals surface area contributed by atoms with Crippen LogP contribution in [0.25, 0.3) is 0 Å². The van der Waals surface area contributed by atoms with Crippen molar-refractivity contribution in [1.82, 2.24) is 0 Å². The number of ether oxygens (including phenoxy) is 1. The van der Waals surface area contributed by atoms with Crippen LogP contribution in [-0.2, 0) is 14.3 Å². The van der Waals surface area contributed by atoms with Crippen LogP contribution in [0.5, 0.6) is 0 Å². The van der Waals surface area contributed by atoms with Crippen LogP contribution in [0.3, 0.4) is 0 Å². The Labute approximate surface area is 169 Å². The number of unbranched alkanes of at least 4 members (excludes halogenated alkanes) is 6. The SMILES string of the molecule is CCCCCCCCOC(=O)C(CC(C)C)C(CC(C)C)C(=O)CCCC. The van der Waals surface area contributed by atoms with Crippen molar-refractivity contribution >= 4 is 11.8 Å². The Bertz CT molecular complexity index is 387. The standard InChI is InChI=1S/C24H46O3/c1-7-9-11-12-13-14-16-27-24(26)22(18-20(5)6)21(17-19(3)4)23(25)15-10-8-2/h19-22H,7-18H2,1-6H3. The van der Waals surface area contributed by atoms with Gasteiger partial charge in [-0.25, -0.2) is 0 Å². The fourth-order valence-corrected chi connectivity index (χ4v) is 3.66. The molecular formula is C24H46O3. The first kappa shape index (κ1) is 26.1. The van der Waals surface area contributed by atoms with Gasteiger partial charge >= 0.3 is 5.97 Å². The van der Waals surface area contributed by atoms with Gasteiger partial charge in [-0.2, -0.15) is 0 Å². The zero-order valence-corrected chi connectivity index (χ0v) is 19.0. The van der Waals surface area contributed by atoms with E-state index in [0.29, 0.717) is 24.9 Å². The van der Waals surface area contributed by atoms with Crippen molar-refractivity contribution in [3.05, 3.63) is 0 Å². The van der Waals surface area contributed by atoms with Gasteiger partial charge in [-0.3, -0.25) is 9.59 Å². The zero-order valence-electron chi connectivity index (χ0n) is 19.0. The number of Topliss-reactive ketones (excluding diaryl/α,β-unsaturated/α-hetero) is 1. The maximum atomic E-state index is 12.8. The van der Waals surface area contributed by atoms with E-state index in [1.165, 1.54) is 25.7 Å². The molecule has 2 unspecified atom stereocenters. The Morgan fingerprint density at radius 2 is 1.22 bits per heavy atom. The molecule has 0 aliphatic rings. The lowest BCUT2D eigenvalue weighted by atomic mass is 9.77. The number of rotatable bonds is 17. The molecule has 0 bridgehead atoms. The predicted octanol–water partition coefficient (Wildman–Crippen LogP) is 6.97. The molecule has 3 nitrogen and oxygen atoms in total. The van der Waals surface area contributed by atoms with E-state index < -0.39 is 0 Å². The Morgan fingerprint density at radius 3 is 1.78 bits per heavy atom. The van der Waals surface area contributed by atoms with Crippen LogP contribution in [0.2, 0.25) is 0 Å². The lowest BCUT2D eigenvalue weighted by Gasteiger charge is -2.27. The second kappa shape index (κ2) is 16.1. The van der Waals surface area contributed by atoms with Crippen molar-refractivity contribution in [3.8, 4) is 0 Å². The topological polar surface area (TPSA) is 43.4 Å². The van der Waals surface area contributed by atoms with Crippen LogP contribution >= 0.6 is 0 Å². The molecule has 0 radical (unpaired) electrons. The van der Waals surface area contributed by atoms with Gasteiger partial charge in [0.1, 0.15) is 5.78 Å². The van der Waals surface area contributed by atoms with Gasteiger partial charge in [0, 0.05) is 12.3 Å². The largest absolute Gasteiger partial charge is 0.465 e. The molecule has 0 aromatic carbocycles. The van der Waals surface area contributed by atoms with Gasteiger partial charge in [-0.05, 0) is 37.5 Å². The van der Waals surface area contributed by atoms with Crippen molar-refractivity contribution in [2.75, 3.05) is 6.61 Å². The highest BCUT2D eigenvalue weighted by molar-refractivity contribution is 5.86. The minimum Gasteiger partial charge on any atom is -0.465 e. The first-order valence-corrected chi connectivity index (χ1v) is 11.5. The fraction of sp³-hybridized carbons (Fsp3) is 0.917. The maximum absolute atomic E-state index is 12.8. The Hall–Kier alpha value is -0.860. The summed E-state index contributed by atoms with van der Waals surface area (Å²) in [5.41, 5.74) is 0. The molecular weight excluding hydrogens is 336 g/mol. The summed E-state index contributed by atoms with van der Waals surface area (Å²) < 4.78 is 5.64. The quantitative estimate of drug-likeness (QED) is 0.201. The summed E-state index contributed by atoms with van der Waals surface area (Å²) in [6, 6.07) is 0. The summed E-state index contributed by atoms with van der Waals surface area (Å²) in [5, 5.41) is 0. The first-order valence-electron chi connectivity index (χ1n) is 11.5. The third-order valence-corrected chi connectivity index (χ3v) is 5.17. The van der Waals surface area contributed by atoms with Gasteiger partial charge < -0.3 is 4.74 Å². The highest BCUT2D eigenvalue weighted by Crippen LogP contribution is 2.30. The van der Waals surface area contributed by atoms with Crippen molar-refractivity contribution in [2.45, 2.75) is 112 Å². The normalized spacial score (nSPS) is 13.8. The van der Waals surface area contributed by atoms with Crippen molar-refractivity contribution in [3.63, 3.8) is 0 Å². The molecule has 0 rings (SSSR count). The third kappa shape index (κ3) is 13.0. The van der Waals surface area contributed by atoms with Crippen molar-refractivity contribution in [2.24, 2.45) is 23.7 Å². The molecule has 160 valence electrons. The van der Waals surface area contributed by atoms with Crippen molar-refractivity contribution in [1.29, 1.82) is 0 Å². The summed E-state index contributed by atoms with van der Waals surface area (Å²) in [7, 11) is 0. The monoisotopic (exact) mass is 382 g/mol. The van der Waals surface area contributed by atoms with Gasteiger partial charge in [0.15, 0.2) is 0 Å². The van der Waals surface area contributed by atoms with Crippen LogP contribution in [0.4, 0.5) is 0 Å². The van der Waals surface area contributed by atoms with Gasteiger partial charge in [-0.1, -0.05) is 80.1 Å². The zero-order chi connectivity index (χ0) is 20.7. The van der Waals surface area contributed by atoms with E-state index in [4.69, 9.17) is 4.74 Å².